The smallest absolute Gasteiger partial charge is 0.339 e. The summed E-state index contributed by atoms with van der Waals surface area (Å²) in [5.41, 5.74) is 1.18. The Labute approximate surface area is 218 Å². The van der Waals surface area contributed by atoms with Gasteiger partial charge in [0.1, 0.15) is 10.6 Å². The first-order valence-electron chi connectivity index (χ1n) is 10.7. The van der Waals surface area contributed by atoms with Crippen molar-refractivity contribution in [2.45, 2.75) is 11.8 Å². The molecule has 0 unspecified atom stereocenters. The first kappa shape index (κ1) is 25.6. The van der Waals surface area contributed by atoms with E-state index in [4.69, 9.17) is 25.3 Å². The molecule has 1 aliphatic heterocycles. The standard InChI is InChI=1S/C25H21ClN2O6S2/c1-3-33-21-14-16(13-20(26)23(21)34-36(30,31)19-7-5-4-6-8-19)15-22-24(29)28-25(35-22)27-17-9-11-18(32-2)12-10-17/h4-15H,3H2,1-2H3,(H,27,28,29)/b22-15-. The number of thioether (sulfide) groups is 1. The Bertz CT molecular complexity index is 1440. The van der Waals surface area contributed by atoms with Gasteiger partial charge in [0.25, 0.3) is 5.91 Å². The average molecular weight is 545 g/mol. The highest BCUT2D eigenvalue weighted by molar-refractivity contribution is 8.18. The molecule has 0 atom stereocenters. The quantitative estimate of drug-likeness (QED) is 0.299. The fraction of sp³-hybridized carbons (Fsp3) is 0.120. The van der Waals surface area contributed by atoms with E-state index in [1.807, 2.05) is 0 Å². The number of halogens is 1. The Kier molecular flexibility index (Phi) is 7.88. The van der Waals surface area contributed by atoms with E-state index in [-0.39, 0.29) is 33.9 Å². The van der Waals surface area contributed by atoms with Gasteiger partial charge in [-0.15, -0.1) is 0 Å². The van der Waals surface area contributed by atoms with Crippen LogP contribution < -0.4 is 19.0 Å². The molecule has 1 fully saturated rings. The number of nitrogens with one attached hydrogen (secondary N) is 1. The molecule has 1 aliphatic rings. The van der Waals surface area contributed by atoms with Crippen LogP contribution in [0.3, 0.4) is 0 Å². The zero-order valence-electron chi connectivity index (χ0n) is 19.2. The fourth-order valence-corrected chi connectivity index (χ4v) is 5.29. The minimum Gasteiger partial charge on any atom is -0.497 e. The summed E-state index contributed by atoms with van der Waals surface area (Å²) in [6, 6.07) is 17.9. The van der Waals surface area contributed by atoms with Gasteiger partial charge < -0.3 is 19.0 Å². The highest BCUT2D eigenvalue weighted by atomic mass is 35.5. The summed E-state index contributed by atoms with van der Waals surface area (Å²) in [4.78, 5) is 17.3. The maximum absolute atomic E-state index is 12.7. The number of carbonyl (C=O) groups excluding carboxylic acids is 1. The topological polar surface area (TPSA) is 103 Å². The molecular formula is C25H21ClN2O6S2. The van der Waals surface area contributed by atoms with E-state index < -0.39 is 10.1 Å². The Balaban J connectivity index is 1.60. The number of carbonyl (C=O) groups is 1. The molecule has 0 spiro atoms. The van der Waals surface area contributed by atoms with E-state index in [1.165, 1.54) is 18.2 Å². The second-order valence-corrected chi connectivity index (χ2v) is 10.3. The number of methoxy groups -OCH3 is 1. The predicted molar refractivity (Wildman–Crippen MR) is 141 cm³/mol. The minimum absolute atomic E-state index is 0.0163. The maximum atomic E-state index is 12.7. The minimum atomic E-state index is -4.13. The number of amidine groups is 1. The van der Waals surface area contributed by atoms with E-state index >= 15 is 0 Å². The second-order valence-electron chi connectivity index (χ2n) is 7.29. The molecule has 1 saturated heterocycles. The van der Waals surface area contributed by atoms with Crippen molar-refractivity contribution < 1.29 is 26.9 Å². The van der Waals surface area contributed by atoms with Gasteiger partial charge in [-0.1, -0.05) is 29.8 Å². The molecule has 0 aromatic heterocycles. The van der Waals surface area contributed by atoms with Crippen LogP contribution in [0.15, 0.2) is 81.5 Å². The van der Waals surface area contributed by atoms with Crippen LogP contribution in [0.25, 0.3) is 6.08 Å². The molecule has 1 N–H and O–H groups in total. The van der Waals surface area contributed by atoms with Crippen LogP contribution in [-0.2, 0) is 14.9 Å². The Morgan fingerprint density at radius 1 is 1.08 bits per heavy atom. The van der Waals surface area contributed by atoms with Gasteiger partial charge >= 0.3 is 10.1 Å². The molecule has 8 nitrogen and oxygen atoms in total. The van der Waals surface area contributed by atoms with Crippen LogP contribution in [0, 0.1) is 0 Å². The summed E-state index contributed by atoms with van der Waals surface area (Å²) >= 11 is 7.57. The SMILES string of the molecule is CCOc1cc(/C=C2\SC(=Nc3ccc(OC)cc3)NC2=O)cc(Cl)c1OS(=O)(=O)c1ccccc1. The molecule has 0 saturated carbocycles. The van der Waals surface area contributed by atoms with Crippen molar-refractivity contribution in [3.05, 3.63) is 82.2 Å². The molecule has 11 heteroatoms. The first-order valence-corrected chi connectivity index (χ1v) is 13.3. The maximum Gasteiger partial charge on any atom is 0.339 e. The van der Waals surface area contributed by atoms with Crippen molar-refractivity contribution in [3.8, 4) is 17.2 Å². The summed E-state index contributed by atoms with van der Waals surface area (Å²) < 4.78 is 41.5. The molecule has 3 aromatic carbocycles. The number of hydrogen-bond donors (Lipinski definition) is 1. The number of nitrogens with zero attached hydrogens (tertiary/aromatic N) is 1. The lowest BCUT2D eigenvalue weighted by Gasteiger charge is -2.14. The van der Waals surface area contributed by atoms with Crippen LogP contribution >= 0.6 is 23.4 Å². The van der Waals surface area contributed by atoms with Crippen LogP contribution in [0.5, 0.6) is 17.2 Å². The summed E-state index contributed by atoms with van der Waals surface area (Å²) in [6.45, 7) is 1.99. The normalized spacial score (nSPS) is 15.7. The number of ether oxygens (including phenoxy) is 2. The van der Waals surface area contributed by atoms with Crippen LogP contribution in [0.4, 0.5) is 5.69 Å². The van der Waals surface area contributed by atoms with Crippen LogP contribution in [-0.4, -0.2) is 33.2 Å². The lowest BCUT2D eigenvalue weighted by molar-refractivity contribution is -0.115. The van der Waals surface area contributed by atoms with Gasteiger partial charge in [-0.05, 0) is 78.9 Å². The molecule has 186 valence electrons. The van der Waals surface area contributed by atoms with Gasteiger partial charge in [-0.25, -0.2) is 4.99 Å². The van der Waals surface area contributed by atoms with Crippen molar-refractivity contribution >= 4 is 56.3 Å². The largest absolute Gasteiger partial charge is 0.497 e. The van der Waals surface area contributed by atoms with Crippen molar-refractivity contribution in [2.24, 2.45) is 4.99 Å². The van der Waals surface area contributed by atoms with Crippen molar-refractivity contribution in [2.75, 3.05) is 13.7 Å². The first-order chi connectivity index (χ1) is 17.3. The van der Waals surface area contributed by atoms with Gasteiger partial charge in [-0.2, -0.15) is 8.42 Å². The van der Waals surface area contributed by atoms with Crippen LogP contribution in [0.2, 0.25) is 5.02 Å². The third-order valence-corrected chi connectivity index (χ3v) is 7.23. The van der Waals surface area contributed by atoms with Crippen LogP contribution in [0.1, 0.15) is 12.5 Å². The summed E-state index contributed by atoms with van der Waals surface area (Å²) in [6.07, 6.45) is 1.61. The molecule has 0 bridgehead atoms. The van der Waals surface area contributed by atoms with Gasteiger partial charge in [0, 0.05) is 0 Å². The third-order valence-electron chi connectivity index (χ3n) is 4.81. The van der Waals surface area contributed by atoms with Gasteiger partial charge in [0.05, 0.1) is 29.3 Å². The van der Waals surface area contributed by atoms with Gasteiger partial charge in [-0.3, -0.25) is 4.79 Å². The Morgan fingerprint density at radius 2 is 1.81 bits per heavy atom. The molecule has 0 aliphatic carbocycles. The highest BCUT2D eigenvalue weighted by Gasteiger charge is 2.25. The third kappa shape index (κ3) is 6.01. The summed E-state index contributed by atoms with van der Waals surface area (Å²) in [5, 5.41) is 3.16. The number of amides is 1. The zero-order chi connectivity index (χ0) is 25.7. The number of benzene rings is 3. The Hall–Kier alpha value is -3.47. The number of rotatable bonds is 8. The zero-order valence-corrected chi connectivity index (χ0v) is 21.6. The predicted octanol–water partition coefficient (Wildman–Crippen LogP) is 5.41. The molecule has 36 heavy (non-hydrogen) atoms. The van der Waals surface area contributed by atoms with Gasteiger partial charge in [0.15, 0.2) is 10.9 Å². The molecule has 1 amide bonds. The fourth-order valence-electron chi connectivity index (χ4n) is 3.17. The lowest BCUT2D eigenvalue weighted by Crippen LogP contribution is -2.19. The highest BCUT2D eigenvalue weighted by Crippen LogP contribution is 2.40. The van der Waals surface area contributed by atoms with E-state index in [0.29, 0.717) is 27.1 Å². The van der Waals surface area contributed by atoms with E-state index in [2.05, 4.69) is 10.3 Å². The van der Waals surface area contributed by atoms with E-state index in [0.717, 1.165) is 11.8 Å². The molecule has 1 heterocycles. The summed E-state index contributed by atoms with van der Waals surface area (Å²) in [5.74, 6) is 0.378. The molecule has 0 radical (unpaired) electrons. The second kappa shape index (κ2) is 11.1. The van der Waals surface area contributed by atoms with E-state index in [9.17, 15) is 13.2 Å². The van der Waals surface area contributed by atoms with Crippen molar-refractivity contribution in [3.63, 3.8) is 0 Å². The van der Waals surface area contributed by atoms with E-state index in [1.54, 1.807) is 68.6 Å². The average Bonchev–Trinajstić information content (AvgIpc) is 3.20. The monoisotopic (exact) mass is 544 g/mol. The molecule has 3 aromatic rings. The molecule has 4 rings (SSSR count). The number of aliphatic imine (C=N–C) groups is 1. The lowest BCUT2D eigenvalue weighted by atomic mass is 10.2. The number of hydrogen-bond acceptors (Lipinski definition) is 8. The molecular weight excluding hydrogens is 524 g/mol. The van der Waals surface area contributed by atoms with Gasteiger partial charge in [0.2, 0.25) is 5.75 Å². The Morgan fingerprint density at radius 3 is 2.47 bits per heavy atom. The summed E-state index contributed by atoms with van der Waals surface area (Å²) in [7, 11) is -2.56. The van der Waals surface area contributed by atoms with Crippen molar-refractivity contribution in [1.29, 1.82) is 0 Å². The van der Waals surface area contributed by atoms with Crippen molar-refractivity contribution in [1.82, 2.24) is 5.32 Å².